The molecule has 2 aliphatic rings. The van der Waals surface area contributed by atoms with Gasteiger partial charge in [-0.05, 0) is 57.8 Å². The summed E-state index contributed by atoms with van der Waals surface area (Å²) in [6.07, 6.45) is 10.1. The van der Waals surface area contributed by atoms with Crippen LogP contribution in [0.1, 0.15) is 70.3 Å². The van der Waals surface area contributed by atoms with Crippen LogP contribution in [0.2, 0.25) is 0 Å². The molecule has 0 bridgehead atoms. The van der Waals surface area contributed by atoms with E-state index in [1.54, 1.807) is 6.20 Å². The summed E-state index contributed by atoms with van der Waals surface area (Å²) in [4.78, 5) is 14.0. The molecule has 33 heavy (non-hydrogen) atoms. The van der Waals surface area contributed by atoms with E-state index < -0.39 is 10.0 Å². The number of ether oxygens (including phenoxy) is 1. The Balaban J connectivity index is 1.61. The van der Waals surface area contributed by atoms with Crippen LogP contribution in [-0.2, 0) is 10.0 Å². The minimum absolute atomic E-state index is 0.104. The minimum atomic E-state index is -3.18. The molecule has 3 heterocycles. The van der Waals surface area contributed by atoms with E-state index in [1.807, 2.05) is 6.20 Å². The number of anilines is 1. The maximum Gasteiger partial charge on any atom is 0.224 e. The summed E-state index contributed by atoms with van der Waals surface area (Å²) in [7, 11) is -3.18. The van der Waals surface area contributed by atoms with Crippen molar-refractivity contribution in [1.29, 1.82) is 0 Å². The van der Waals surface area contributed by atoms with E-state index in [4.69, 9.17) is 9.72 Å². The summed E-state index contributed by atoms with van der Waals surface area (Å²) in [5.41, 5.74) is 1.92. The molecular weight excluding hydrogens is 442 g/mol. The third-order valence-electron chi connectivity index (χ3n) is 6.89. The fourth-order valence-corrected chi connectivity index (χ4v) is 5.50. The number of hydrogen-bond acceptors (Lipinski definition) is 8. The Morgan fingerprint density at radius 3 is 2.48 bits per heavy atom. The first kappa shape index (κ1) is 24.1. The van der Waals surface area contributed by atoms with Gasteiger partial charge < -0.3 is 15.2 Å². The Morgan fingerprint density at radius 1 is 1.15 bits per heavy atom. The number of pyridine rings is 1. The number of hydrogen-bond donors (Lipinski definition) is 2. The highest BCUT2D eigenvalue weighted by molar-refractivity contribution is 7.88. The molecule has 2 aromatic heterocycles. The number of fused-ring (bicyclic) bond motifs is 1. The number of sulfonamides is 1. The van der Waals surface area contributed by atoms with Crippen molar-refractivity contribution < 1.29 is 18.3 Å². The molecule has 2 N–H and O–H groups in total. The Morgan fingerprint density at radius 2 is 1.85 bits per heavy atom. The highest BCUT2D eigenvalue weighted by Gasteiger charge is 2.28. The highest BCUT2D eigenvalue weighted by Crippen LogP contribution is 2.38. The predicted molar refractivity (Wildman–Crippen MR) is 128 cm³/mol. The molecule has 1 atom stereocenters. The standard InChI is InChI=1S/C23H35N5O4S/c1-4-15(2)26-23-25-14-20-21(27-23)19(16-5-7-17(29)8-6-16)13-24-22(20)32-18-9-11-28(12-10-18)33(3,30)31/h13-18,29H,4-12H2,1-3H3,(H,25,26,27)/t15-,16?,17?/m0/s1. The maximum absolute atomic E-state index is 11.8. The number of rotatable bonds is 7. The lowest BCUT2D eigenvalue weighted by Crippen LogP contribution is -2.41. The molecule has 1 saturated carbocycles. The molecular formula is C23H35N5O4S. The smallest absolute Gasteiger partial charge is 0.224 e. The number of aliphatic hydroxyl groups excluding tert-OH is 1. The van der Waals surface area contributed by atoms with Gasteiger partial charge in [0.1, 0.15) is 6.10 Å². The number of nitrogens with one attached hydrogen (secondary N) is 1. The van der Waals surface area contributed by atoms with E-state index in [0.717, 1.165) is 48.6 Å². The third-order valence-corrected chi connectivity index (χ3v) is 8.19. The molecule has 10 heteroatoms. The first-order valence-electron chi connectivity index (χ1n) is 12.0. The van der Waals surface area contributed by atoms with Gasteiger partial charge in [0.05, 0.1) is 23.3 Å². The van der Waals surface area contributed by atoms with Gasteiger partial charge >= 0.3 is 0 Å². The summed E-state index contributed by atoms with van der Waals surface area (Å²) < 4.78 is 31.4. The molecule has 0 unspecified atom stereocenters. The summed E-state index contributed by atoms with van der Waals surface area (Å²) >= 11 is 0. The van der Waals surface area contributed by atoms with E-state index in [2.05, 4.69) is 29.1 Å². The highest BCUT2D eigenvalue weighted by atomic mass is 32.2. The van der Waals surface area contributed by atoms with Gasteiger partial charge in [-0.1, -0.05) is 6.92 Å². The summed E-state index contributed by atoms with van der Waals surface area (Å²) in [6, 6.07) is 0.258. The van der Waals surface area contributed by atoms with Crippen LogP contribution in [0.3, 0.4) is 0 Å². The van der Waals surface area contributed by atoms with Gasteiger partial charge in [-0.2, -0.15) is 0 Å². The zero-order chi connectivity index (χ0) is 23.6. The normalized spacial score (nSPS) is 24.0. The van der Waals surface area contributed by atoms with Gasteiger partial charge in [0.15, 0.2) is 0 Å². The van der Waals surface area contributed by atoms with Crippen molar-refractivity contribution in [2.24, 2.45) is 0 Å². The number of aromatic nitrogens is 3. The summed E-state index contributed by atoms with van der Waals surface area (Å²) in [5.74, 6) is 1.38. The zero-order valence-corrected chi connectivity index (χ0v) is 20.5. The third kappa shape index (κ3) is 5.73. The van der Waals surface area contributed by atoms with Crippen LogP contribution < -0.4 is 10.1 Å². The van der Waals surface area contributed by atoms with Crippen molar-refractivity contribution in [2.75, 3.05) is 24.7 Å². The lowest BCUT2D eigenvalue weighted by atomic mass is 9.83. The molecule has 182 valence electrons. The van der Waals surface area contributed by atoms with E-state index in [-0.39, 0.29) is 18.2 Å². The van der Waals surface area contributed by atoms with Crippen molar-refractivity contribution in [3.05, 3.63) is 18.0 Å². The van der Waals surface area contributed by atoms with Gasteiger partial charge in [0.2, 0.25) is 21.9 Å². The topological polar surface area (TPSA) is 118 Å². The van der Waals surface area contributed by atoms with Crippen LogP contribution in [0.15, 0.2) is 12.4 Å². The second-order valence-corrected chi connectivity index (χ2v) is 11.4. The van der Waals surface area contributed by atoms with Gasteiger partial charge in [0, 0.05) is 37.1 Å². The lowest BCUT2D eigenvalue weighted by Gasteiger charge is -2.30. The monoisotopic (exact) mass is 477 g/mol. The van der Waals surface area contributed by atoms with Gasteiger partial charge in [-0.25, -0.2) is 27.7 Å². The van der Waals surface area contributed by atoms with E-state index in [0.29, 0.717) is 43.7 Å². The molecule has 0 amide bonds. The van der Waals surface area contributed by atoms with Crippen molar-refractivity contribution >= 4 is 26.9 Å². The van der Waals surface area contributed by atoms with E-state index >= 15 is 0 Å². The Hall–Kier alpha value is -2.04. The molecule has 1 aliphatic carbocycles. The number of aliphatic hydroxyl groups is 1. The Bertz CT molecular complexity index is 1060. The Kier molecular flexibility index (Phi) is 7.35. The summed E-state index contributed by atoms with van der Waals surface area (Å²) in [5, 5.41) is 14.1. The van der Waals surface area contributed by atoms with Gasteiger partial charge in [-0.3, -0.25) is 0 Å². The largest absolute Gasteiger partial charge is 0.474 e. The second kappa shape index (κ2) is 10.1. The summed E-state index contributed by atoms with van der Waals surface area (Å²) in [6.45, 7) is 5.11. The van der Waals surface area contributed by atoms with Gasteiger partial charge in [-0.15, -0.1) is 0 Å². The molecule has 2 fully saturated rings. The van der Waals surface area contributed by atoms with Crippen molar-refractivity contribution in [2.45, 2.75) is 83.0 Å². The first-order valence-corrected chi connectivity index (χ1v) is 13.8. The molecule has 4 rings (SSSR count). The van der Waals surface area contributed by atoms with Crippen LogP contribution in [0.5, 0.6) is 5.88 Å². The van der Waals surface area contributed by atoms with E-state index in [9.17, 15) is 13.5 Å². The van der Waals surface area contributed by atoms with Gasteiger partial charge in [0.25, 0.3) is 0 Å². The first-order chi connectivity index (χ1) is 15.7. The Labute approximate surface area is 196 Å². The molecule has 0 aromatic carbocycles. The number of nitrogens with zero attached hydrogens (tertiary/aromatic N) is 4. The van der Waals surface area contributed by atoms with Crippen molar-refractivity contribution in [1.82, 2.24) is 19.3 Å². The quantitative estimate of drug-likeness (QED) is 0.625. The SMILES string of the molecule is CC[C@H](C)Nc1ncc2c(OC3CCN(S(C)(=O)=O)CC3)ncc(C3CCC(O)CC3)c2n1. The molecule has 0 radical (unpaired) electrons. The van der Waals surface area contributed by atoms with Crippen molar-refractivity contribution in [3.8, 4) is 5.88 Å². The molecule has 0 spiro atoms. The van der Waals surface area contributed by atoms with Crippen LogP contribution in [0.25, 0.3) is 10.9 Å². The fourth-order valence-electron chi connectivity index (χ4n) is 4.63. The average Bonchev–Trinajstić information content (AvgIpc) is 2.79. The van der Waals surface area contributed by atoms with E-state index in [1.165, 1.54) is 10.6 Å². The fraction of sp³-hybridized carbons (Fsp3) is 0.696. The lowest BCUT2D eigenvalue weighted by molar-refractivity contribution is 0.122. The molecule has 9 nitrogen and oxygen atoms in total. The van der Waals surface area contributed by atoms with Crippen LogP contribution in [-0.4, -0.2) is 70.4 Å². The molecule has 1 saturated heterocycles. The van der Waals surface area contributed by atoms with Crippen LogP contribution in [0, 0.1) is 0 Å². The molecule has 1 aliphatic heterocycles. The predicted octanol–water partition coefficient (Wildman–Crippen LogP) is 3.06. The van der Waals surface area contributed by atoms with Crippen molar-refractivity contribution in [3.63, 3.8) is 0 Å². The van der Waals surface area contributed by atoms with Crippen LogP contribution >= 0.6 is 0 Å². The number of piperidine rings is 1. The van der Waals surface area contributed by atoms with Crippen LogP contribution in [0.4, 0.5) is 5.95 Å². The molecule has 2 aromatic rings. The minimum Gasteiger partial charge on any atom is -0.474 e. The zero-order valence-electron chi connectivity index (χ0n) is 19.7. The average molecular weight is 478 g/mol. The second-order valence-electron chi connectivity index (χ2n) is 9.41. The maximum atomic E-state index is 11.8.